The van der Waals surface area contributed by atoms with E-state index in [0.717, 1.165) is 36.0 Å². The predicted molar refractivity (Wildman–Crippen MR) is 116 cm³/mol. The van der Waals surface area contributed by atoms with Crippen molar-refractivity contribution < 1.29 is 13.2 Å². The van der Waals surface area contributed by atoms with Crippen LogP contribution in [0.3, 0.4) is 0 Å². The number of anilines is 2. The molecule has 0 saturated heterocycles. The van der Waals surface area contributed by atoms with Gasteiger partial charge in [0.05, 0.1) is 23.4 Å². The van der Waals surface area contributed by atoms with Gasteiger partial charge in [0.1, 0.15) is 5.75 Å². The highest BCUT2D eigenvalue weighted by Gasteiger charge is 2.31. The Labute approximate surface area is 176 Å². The molecule has 30 heavy (non-hydrogen) atoms. The maximum absolute atomic E-state index is 11.9. The van der Waals surface area contributed by atoms with Gasteiger partial charge in [-0.05, 0) is 54.2 Å². The zero-order chi connectivity index (χ0) is 21.5. The maximum atomic E-state index is 11.9. The van der Waals surface area contributed by atoms with Crippen LogP contribution in [0.2, 0.25) is 0 Å². The number of rotatable bonds is 5. The number of aromatic nitrogens is 3. The predicted octanol–water partition coefficient (Wildman–Crippen LogP) is 3.92. The van der Waals surface area contributed by atoms with Crippen LogP contribution in [0.5, 0.6) is 5.75 Å². The van der Waals surface area contributed by atoms with Gasteiger partial charge >= 0.3 is 0 Å². The summed E-state index contributed by atoms with van der Waals surface area (Å²) in [5.74, 6) is 0.841. The highest BCUT2D eigenvalue weighted by atomic mass is 32.2. The van der Waals surface area contributed by atoms with Gasteiger partial charge in [0.25, 0.3) is 0 Å². The summed E-state index contributed by atoms with van der Waals surface area (Å²) in [5, 5.41) is 3.08. The molecule has 0 aliphatic heterocycles. The first-order valence-electron chi connectivity index (χ1n) is 9.65. The zero-order valence-corrected chi connectivity index (χ0v) is 18.2. The SMILES string of the molecule is COc1ccc(S(C)(=O)=O)cc1Nc1nccc(-c2cnc3c(c2)C(C)(C)CC3)n1. The number of nitrogens with zero attached hydrogens (tertiary/aromatic N) is 3. The van der Waals surface area contributed by atoms with Crippen LogP contribution in [0.15, 0.2) is 47.6 Å². The minimum Gasteiger partial charge on any atom is -0.495 e. The molecule has 0 spiro atoms. The van der Waals surface area contributed by atoms with Gasteiger partial charge in [-0.25, -0.2) is 18.4 Å². The van der Waals surface area contributed by atoms with E-state index >= 15 is 0 Å². The molecule has 0 bridgehead atoms. The quantitative estimate of drug-likeness (QED) is 0.663. The first kappa shape index (κ1) is 20.3. The summed E-state index contributed by atoms with van der Waals surface area (Å²) >= 11 is 0. The third kappa shape index (κ3) is 3.87. The Morgan fingerprint density at radius 2 is 1.93 bits per heavy atom. The molecule has 0 radical (unpaired) electrons. The second kappa shape index (κ2) is 7.36. The lowest BCUT2D eigenvalue weighted by molar-refractivity contribution is 0.416. The smallest absolute Gasteiger partial charge is 0.227 e. The Bertz CT molecular complexity index is 1220. The Balaban J connectivity index is 1.69. The molecule has 8 heteroatoms. The number of pyridine rings is 1. The van der Waals surface area contributed by atoms with Crippen molar-refractivity contribution in [3.8, 4) is 17.0 Å². The fourth-order valence-electron chi connectivity index (χ4n) is 3.70. The summed E-state index contributed by atoms with van der Waals surface area (Å²) in [4.78, 5) is 13.7. The lowest BCUT2D eigenvalue weighted by Crippen LogP contribution is -2.12. The van der Waals surface area contributed by atoms with Crippen molar-refractivity contribution >= 4 is 21.5 Å². The Hall–Kier alpha value is -3.00. The van der Waals surface area contributed by atoms with E-state index in [0.29, 0.717) is 17.4 Å². The maximum Gasteiger partial charge on any atom is 0.227 e. The van der Waals surface area contributed by atoms with Gasteiger partial charge in [-0.3, -0.25) is 4.98 Å². The minimum atomic E-state index is -3.36. The minimum absolute atomic E-state index is 0.103. The summed E-state index contributed by atoms with van der Waals surface area (Å²) < 4.78 is 29.2. The number of hydrogen-bond acceptors (Lipinski definition) is 7. The molecule has 1 aliphatic carbocycles. The van der Waals surface area contributed by atoms with E-state index in [2.05, 4.69) is 40.2 Å². The number of nitrogens with one attached hydrogen (secondary N) is 1. The van der Waals surface area contributed by atoms with E-state index < -0.39 is 9.84 Å². The molecule has 156 valence electrons. The number of aryl methyl sites for hydroxylation is 1. The fourth-order valence-corrected chi connectivity index (χ4v) is 4.35. The fraction of sp³-hybridized carbons (Fsp3) is 0.318. The number of sulfone groups is 1. The number of ether oxygens (including phenoxy) is 1. The van der Waals surface area contributed by atoms with Crippen LogP contribution in [0.25, 0.3) is 11.3 Å². The van der Waals surface area contributed by atoms with E-state index in [1.54, 1.807) is 12.3 Å². The van der Waals surface area contributed by atoms with Crippen LogP contribution in [-0.2, 0) is 21.7 Å². The Morgan fingerprint density at radius 1 is 1.13 bits per heavy atom. The van der Waals surface area contributed by atoms with E-state index in [1.807, 2.05) is 12.3 Å². The molecule has 2 aromatic heterocycles. The average Bonchev–Trinajstić information content (AvgIpc) is 3.02. The van der Waals surface area contributed by atoms with Crippen molar-refractivity contribution in [1.29, 1.82) is 0 Å². The molecule has 0 unspecified atom stereocenters. The molecule has 0 amide bonds. The van der Waals surface area contributed by atoms with Crippen molar-refractivity contribution in [3.63, 3.8) is 0 Å². The number of methoxy groups -OCH3 is 1. The molecule has 7 nitrogen and oxygen atoms in total. The molecule has 1 aromatic carbocycles. The van der Waals surface area contributed by atoms with Crippen LogP contribution in [0.4, 0.5) is 11.6 Å². The molecule has 0 saturated carbocycles. The number of fused-ring (bicyclic) bond motifs is 1. The summed E-state index contributed by atoms with van der Waals surface area (Å²) in [6.45, 7) is 4.47. The van der Waals surface area contributed by atoms with Gasteiger partial charge in [0, 0.05) is 29.9 Å². The van der Waals surface area contributed by atoms with Crippen LogP contribution in [0.1, 0.15) is 31.5 Å². The summed E-state index contributed by atoms with van der Waals surface area (Å²) in [6.07, 6.45) is 6.76. The Kier molecular flexibility index (Phi) is 4.97. The van der Waals surface area contributed by atoms with Crippen molar-refractivity contribution in [3.05, 3.63) is 54.0 Å². The average molecular weight is 425 g/mol. The van der Waals surface area contributed by atoms with Crippen LogP contribution >= 0.6 is 0 Å². The van der Waals surface area contributed by atoms with Crippen molar-refractivity contribution in [2.75, 3.05) is 18.7 Å². The summed E-state index contributed by atoms with van der Waals surface area (Å²) in [5.41, 5.74) is 4.65. The largest absolute Gasteiger partial charge is 0.495 e. The standard InChI is InChI=1S/C22H24N4O3S/c1-22(2)9-7-18-16(22)11-14(13-24-18)17-8-10-23-21(25-17)26-19-12-15(30(4,27)28)5-6-20(19)29-3/h5-6,8,10-13H,7,9H2,1-4H3,(H,23,25,26). The second-order valence-electron chi connectivity index (χ2n) is 8.13. The van der Waals surface area contributed by atoms with Crippen molar-refractivity contribution in [1.82, 2.24) is 15.0 Å². The van der Waals surface area contributed by atoms with Gasteiger partial charge in [-0.2, -0.15) is 0 Å². The molecular formula is C22H24N4O3S. The van der Waals surface area contributed by atoms with Gasteiger partial charge in [0.2, 0.25) is 5.95 Å². The van der Waals surface area contributed by atoms with Crippen molar-refractivity contribution in [2.24, 2.45) is 0 Å². The van der Waals surface area contributed by atoms with Crippen LogP contribution in [0, 0.1) is 0 Å². The van der Waals surface area contributed by atoms with E-state index in [1.165, 1.54) is 24.8 Å². The lowest BCUT2D eigenvalue weighted by atomic mass is 9.86. The molecule has 4 rings (SSSR count). The summed E-state index contributed by atoms with van der Waals surface area (Å²) in [7, 11) is -1.83. The molecule has 3 aromatic rings. The van der Waals surface area contributed by atoms with Gasteiger partial charge in [-0.1, -0.05) is 13.8 Å². The third-order valence-corrected chi connectivity index (χ3v) is 6.59. The molecule has 1 aliphatic rings. The first-order chi connectivity index (χ1) is 14.2. The molecule has 1 N–H and O–H groups in total. The lowest BCUT2D eigenvalue weighted by Gasteiger charge is -2.19. The molecule has 2 heterocycles. The molecule has 0 atom stereocenters. The Morgan fingerprint density at radius 3 is 2.67 bits per heavy atom. The van der Waals surface area contributed by atoms with E-state index in [-0.39, 0.29) is 10.3 Å². The third-order valence-electron chi connectivity index (χ3n) is 5.48. The molecule has 0 fully saturated rings. The van der Waals surface area contributed by atoms with E-state index in [9.17, 15) is 8.42 Å². The summed E-state index contributed by atoms with van der Waals surface area (Å²) in [6, 6.07) is 8.63. The van der Waals surface area contributed by atoms with Gasteiger partial charge in [-0.15, -0.1) is 0 Å². The monoisotopic (exact) mass is 424 g/mol. The van der Waals surface area contributed by atoms with Crippen LogP contribution < -0.4 is 10.1 Å². The number of benzene rings is 1. The van der Waals surface area contributed by atoms with Gasteiger partial charge in [0.15, 0.2) is 9.84 Å². The number of hydrogen-bond donors (Lipinski definition) is 1. The highest BCUT2D eigenvalue weighted by Crippen LogP contribution is 2.39. The van der Waals surface area contributed by atoms with E-state index in [4.69, 9.17) is 4.74 Å². The zero-order valence-electron chi connectivity index (χ0n) is 17.4. The topological polar surface area (TPSA) is 94.1 Å². The normalized spacial score (nSPS) is 14.9. The second-order valence-corrected chi connectivity index (χ2v) is 10.1. The van der Waals surface area contributed by atoms with Crippen molar-refractivity contribution in [2.45, 2.75) is 37.0 Å². The van der Waals surface area contributed by atoms with Gasteiger partial charge < -0.3 is 10.1 Å². The highest BCUT2D eigenvalue weighted by molar-refractivity contribution is 7.90. The first-order valence-corrected chi connectivity index (χ1v) is 11.5. The molecular weight excluding hydrogens is 400 g/mol. The van der Waals surface area contributed by atoms with Crippen LogP contribution in [-0.4, -0.2) is 36.7 Å².